The second-order valence-corrected chi connectivity index (χ2v) is 9.20. The summed E-state index contributed by atoms with van der Waals surface area (Å²) in [5.41, 5.74) is 4.13. The lowest BCUT2D eigenvalue weighted by molar-refractivity contribution is -0.133. The highest BCUT2D eigenvalue weighted by atomic mass is 16.2. The van der Waals surface area contributed by atoms with Crippen molar-refractivity contribution in [3.8, 4) is 11.3 Å². The minimum absolute atomic E-state index is 0.202. The molecule has 3 aromatic carbocycles. The van der Waals surface area contributed by atoms with Gasteiger partial charge in [0, 0.05) is 18.7 Å². The number of hydrogen-bond donors (Lipinski definition) is 1. The van der Waals surface area contributed by atoms with Crippen LogP contribution in [-0.2, 0) is 24.4 Å². The predicted molar refractivity (Wildman–Crippen MR) is 135 cm³/mol. The molecule has 0 radical (unpaired) electrons. The molecule has 1 N–H and O–H groups in total. The molecule has 0 aliphatic carbocycles. The zero-order valence-corrected chi connectivity index (χ0v) is 19.9. The lowest BCUT2D eigenvalue weighted by Gasteiger charge is -2.43. The summed E-state index contributed by atoms with van der Waals surface area (Å²) < 4.78 is 1.68. The first-order chi connectivity index (χ1) is 17.0. The quantitative estimate of drug-likeness (QED) is 0.454. The highest BCUT2D eigenvalue weighted by molar-refractivity contribution is 6.00. The standard InChI is InChI=1S/C29H28N4O2/c1-21-11-9-10-16-24(21)19-32-27(34)26-17-25(23-14-7-4-8-15-23)31-33(26)20-29(32,2)28(35)30-18-22-12-5-3-6-13-22/h3-17H,18-20H2,1-2H3,(H,30,35)/t29-/m0/s1. The van der Waals surface area contributed by atoms with Crippen molar-refractivity contribution in [2.24, 2.45) is 0 Å². The summed E-state index contributed by atoms with van der Waals surface area (Å²) in [5, 5.41) is 7.77. The highest BCUT2D eigenvalue weighted by Gasteiger charge is 2.48. The predicted octanol–water partition coefficient (Wildman–Crippen LogP) is 4.59. The van der Waals surface area contributed by atoms with Gasteiger partial charge in [0.2, 0.25) is 5.91 Å². The Bertz CT molecular complexity index is 1360. The van der Waals surface area contributed by atoms with Gasteiger partial charge in [0.1, 0.15) is 11.2 Å². The van der Waals surface area contributed by atoms with Gasteiger partial charge in [0.15, 0.2) is 0 Å². The van der Waals surface area contributed by atoms with E-state index in [0.29, 0.717) is 18.8 Å². The third kappa shape index (κ3) is 4.35. The maximum atomic E-state index is 13.9. The summed E-state index contributed by atoms with van der Waals surface area (Å²) in [6.07, 6.45) is 0. The largest absolute Gasteiger partial charge is 0.350 e. The number of aromatic nitrogens is 2. The van der Waals surface area contributed by atoms with Crippen molar-refractivity contribution in [1.82, 2.24) is 20.0 Å². The van der Waals surface area contributed by atoms with Crippen molar-refractivity contribution < 1.29 is 9.59 Å². The molecule has 2 amide bonds. The van der Waals surface area contributed by atoms with E-state index in [1.54, 1.807) is 9.58 Å². The van der Waals surface area contributed by atoms with Crippen molar-refractivity contribution >= 4 is 11.8 Å². The third-order valence-electron chi connectivity index (χ3n) is 6.74. The molecule has 35 heavy (non-hydrogen) atoms. The van der Waals surface area contributed by atoms with Crippen molar-refractivity contribution in [2.75, 3.05) is 0 Å². The van der Waals surface area contributed by atoms with Crippen LogP contribution in [0.2, 0.25) is 0 Å². The second-order valence-electron chi connectivity index (χ2n) is 9.20. The van der Waals surface area contributed by atoms with E-state index in [4.69, 9.17) is 5.10 Å². The van der Waals surface area contributed by atoms with E-state index in [0.717, 1.165) is 27.9 Å². The molecule has 0 bridgehead atoms. The molecule has 6 nitrogen and oxygen atoms in total. The lowest BCUT2D eigenvalue weighted by atomic mass is 9.93. The van der Waals surface area contributed by atoms with E-state index in [2.05, 4.69) is 5.32 Å². The van der Waals surface area contributed by atoms with Gasteiger partial charge in [-0.05, 0) is 36.6 Å². The Hall–Kier alpha value is -4.19. The minimum atomic E-state index is -1.11. The van der Waals surface area contributed by atoms with E-state index >= 15 is 0 Å². The van der Waals surface area contributed by atoms with Gasteiger partial charge in [0.25, 0.3) is 5.91 Å². The van der Waals surface area contributed by atoms with E-state index < -0.39 is 5.54 Å². The molecule has 0 saturated carbocycles. The minimum Gasteiger partial charge on any atom is -0.350 e. The van der Waals surface area contributed by atoms with E-state index in [1.807, 2.05) is 105 Å². The molecule has 6 heteroatoms. The van der Waals surface area contributed by atoms with Gasteiger partial charge in [-0.15, -0.1) is 0 Å². The van der Waals surface area contributed by atoms with Gasteiger partial charge in [-0.25, -0.2) is 0 Å². The first-order valence-corrected chi connectivity index (χ1v) is 11.8. The van der Waals surface area contributed by atoms with Gasteiger partial charge < -0.3 is 10.2 Å². The van der Waals surface area contributed by atoms with Gasteiger partial charge in [-0.1, -0.05) is 84.9 Å². The van der Waals surface area contributed by atoms with E-state index in [1.165, 1.54) is 0 Å². The molecule has 0 spiro atoms. The van der Waals surface area contributed by atoms with Crippen molar-refractivity contribution in [3.05, 3.63) is 113 Å². The van der Waals surface area contributed by atoms with Gasteiger partial charge in [-0.2, -0.15) is 5.10 Å². The number of carbonyl (C=O) groups excluding carboxylic acids is 2. The summed E-state index contributed by atoms with van der Waals surface area (Å²) in [6, 6.07) is 29.3. The van der Waals surface area contributed by atoms with Gasteiger partial charge in [0.05, 0.1) is 12.2 Å². The zero-order chi connectivity index (χ0) is 24.4. The van der Waals surface area contributed by atoms with E-state index in [9.17, 15) is 9.59 Å². The Morgan fingerprint density at radius 3 is 2.34 bits per heavy atom. The second kappa shape index (κ2) is 9.22. The molecule has 1 aromatic heterocycles. The Balaban J connectivity index is 1.51. The van der Waals surface area contributed by atoms with Gasteiger partial charge >= 0.3 is 0 Å². The zero-order valence-electron chi connectivity index (χ0n) is 19.9. The number of nitrogens with one attached hydrogen (secondary N) is 1. The normalized spacial score (nSPS) is 17.2. The fourth-order valence-electron chi connectivity index (χ4n) is 4.57. The number of aryl methyl sites for hydroxylation is 1. The average molecular weight is 465 g/mol. The van der Waals surface area contributed by atoms with Crippen LogP contribution in [0.15, 0.2) is 91.0 Å². The molecule has 0 saturated heterocycles. The molecular weight excluding hydrogens is 436 g/mol. The number of fused-ring (bicyclic) bond motifs is 1. The lowest BCUT2D eigenvalue weighted by Crippen LogP contribution is -2.63. The van der Waals surface area contributed by atoms with Crippen LogP contribution in [-0.4, -0.2) is 32.0 Å². The van der Waals surface area contributed by atoms with Crippen molar-refractivity contribution in [3.63, 3.8) is 0 Å². The molecule has 1 atom stereocenters. The summed E-state index contributed by atoms with van der Waals surface area (Å²) in [6.45, 7) is 4.85. The molecule has 0 fully saturated rings. The number of amides is 2. The number of nitrogens with zero attached hydrogens (tertiary/aromatic N) is 3. The van der Waals surface area contributed by atoms with E-state index in [-0.39, 0.29) is 18.4 Å². The van der Waals surface area contributed by atoms with Crippen LogP contribution in [0.3, 0.4) is 0 Å². The van der Waals surface area contributed by atoms with Crippen LogP contribution in [0.4, 0.5) is 0 Å². The SMILES string of the molecule is Cc1ccccc1CN1C(=O)c2cc(-c3ccccc3)nn2C[C@@]1(C)C(=O)NCc1ccccc1. The molecule has 4 aromatic rings. The molecule has 0 unspecified atom stereocenters. The fraction of sp³-hybridized carbons (Fsp3) is 0.207. The molecule has 5 rings (SSSR count). The van der Waals surface area contributed by atoms with Gasteiger partial charge in [-0.3, -0.25) is 14.3 Å². The fourth-order valence-corrected chi connectivity index (χ4v) is 4.57. The molecular formula is C29H28N4O2. The summed E-state index contributed by atoms with van der Waals surface area (Å²) >= 11 is 0. The molecule has 2 heterocycles. The highest BCUT2D eigenvalue weighted by Crippen LogP contribution is 2.32. The Morgan fingerprint density at radius 1 is 0.971 bits per heavy atom. The average Bonchev–Trinajstić information content (AvgIpc) is 3.31. The van der Waals surface area contributed by atoms with Crippen LogP contribution in [0.5, 0.6) is 0 Å². The maximum absolute atomic E-state index is 13.9. The summed E-state index contributed by atoms with van der Waals surface area (Å²) in [7, 11) is 0. The topological polar surface area (TPSA) is 67.2 Å². The van der Waals surface area contributed by atoms with Crippen molar-refractivity contribution in [2.45, 2.75) is 39.0 Å². The van der Waals surface area contributed by atoms with Crippen LogP contribution in [0.25, 0.3) is 11.3 Å². The first-order valence-electron chi connectivity index (χ1n) is 11.8. The van der Waals surface area contributed by atoms with Crippen LogP contribution >= 0.6 is 0 Å². The van der Waals surface area contributed by atoms with Crippen LogP contribution in [0.1, 0.15) is 34.1 Å². The monoisotopic (exact) mass is 464 g/mol. The molecule has 1 aliphatic rings. The van der Waals surface area contributed by atoms with Crippen LogP contribution < -0.4 is 5.32 Å². The Kier molecular flexibility index (Phi) is 5.95. The number of carbonyl (C=O) groups is 2. The smallest absolute Gasteiger partial charge is 0.273 e. The summed E-state index contributed by atoms with van der Waals surface area (Å²) in [4.78, 5) is 29.2. The Morgan fingerprint density at radius 2 is 1.63 bits per heavy atom. The van der Waals surface area contributed by atoms with Crippen LogP contribution in [0, 0.1) is 6.92 Å². The molecule has 1 aliphatic heterocycles. The van der Waals surface area contributed by atoms with Crippen molar-refractivity contribution in [1.29, 1.82) is 0 Å². The maximum Gasteiger partial charge on any atom is 0.273 e. The first kappa shape index (κ1) is 22.6. The summed E-state index contributed by atoms with van der Waals surface area (Å²) in [5.74, 6) is -0.405. The number of hydrogen-bond acceptors (Lipinski definition) is 3. The number of rotatable bonds is 6. The molecule has 176 valence electrons. The third-order valence-corrected chi connectivity index (χ3v) is 6.74. The Labute approximate surface area is 205 Å². The number of benzene rings is 3.